The van der Waals surface area contributed by atoms with Gasteiger partial charge in [-0.3, -0.25) is 4.79 Å². The maximum Gasteiger partial charge on any atom is 0.225 e. The van der Waals surface area contributed by atoms with Crippen LogP contribution in [0.3, 0.4) is 0 Å². The van der Waals surface area contributed by atoms with Gasteiger partial charge in [0, 0.05) is 23.2 Å². The van der Waals surface area contributed by atoms with Crippen molar-refractivity contribution in [2.45, 2.75) is 32.1 Å². The highest BCUT2D eigenvalue weighted by Crippen LogP contribution is 2.36. The molecule has 3 N–H and O–H groups in total. The number of hydrogen-bond donors (Lipinski definition) is 2. The van der Waals surface area contributed by atoms with Crippen LogP contribution in [0.2, 0.25) is 0 Å². The number of aromatic nitrogens is 2. The summed E-state index contributed by atoms with van der Waals surface area (Å²) < 4.78 is 0. The summed E-state index contributed by atoms with van der Waals surface area (Å²) in [5.41, 5.74) is 13.6. The fraction of sp³-hybridized carbons (Fsp3) is 0.179. The monoisotopic (exact) mass is 434 g/mol. The summed E-state index contributed by atoms with van der Waals surface area (Å²) in [5, 5.41) is 3.05. The number of benzene rings is 3. The molecule has 1 aliphatic rings. The Kier molecular flexibility index (Phi) is 5.85. The van der Waals surface area contributed by atoms with Gasteiger partial charge in [0.15, 0.2) is 5.82 Å². The van der Waals surface area contributed by atoms with E-state index in [1.54, 1.807) is 0 Å². The number of rotatable bonds is 6. The van der Waals surface area contributed by atoms with Gasteiger partial charge in [-0.05, 0) is 48.9 Å². The van der Waals surface area contributed by atoms with Crippen LogP contribution in [-0.4, -0.2) is 15.9 Å². The first-order valence-corrected chi connectivity index (χ1v) is 11.4. The number of amides is 1. The summed E-state index contributed by atoms with van der Waals surface area (Å²) in [7, 11) is 0. The van der Waals surface area contributed by atoms with Crippen molar-refractivity contribution in [3.05, 3.63) is 95.7 Å². The molecule has 1 heterocycles. The molecule has 0 radical (unpaired) electrons. The fourth-order valence-corrected chi connectivity index (χ4v) is 4.34. The topological polar surface area (TPSA) is 80.9 Å². The molecule has 5 heteroatoms. The van der Waals surface area contributed by atoms with E-state index in [9.17, 15) is 4.79 Å². The predicted molar refractivity (Wildman–Crippen MR) is 133 cm³/mol. The van der Waals surface area contributed by atoms with Crippen LogP contribution >= 0.6 is 0 Å². The first-order chi connectivity index (χ1) is 16.2. The summed E-state index contributed by atoms with van der Waals surface area (Å²) >= 11 is 0. The molecule has 0 saturated carbocycles. The minimum atomic E-state index is -0.0404. The number of aryl methyl sites for hydroxylation is 3. The lowest BCUT2D eigenvalue weighted by Gasteiger charge is -2.21. The molecular weight excluding hydrogens is 408 g/mol. The van der Waals surface area contributed by atoms with Crippen molar-refractivity contribution in [2.75, 3.05) is 11.1 Å². The molecular formula is C28H26N4O. The number of carbonyl (C=O) groups excluding carboxylic acids is 1. The molecule has 5 nitrogen and oxygen atoms in total. The van der Waals surface area contributed by atoms with Gasteiger partial charge in [0.2, 0.25) is 5.91 Å². The number of anilines is 2. The molecule has 1 amide bonds. The van der Waals surface area contributed by atoms with Crippen molar-refractivity contribution in [1.29, 1.82) is 0 Å². The van der Waals surface area contributed by atoms with Crippen molar-refractivity contribution in [1.82, 2.24) is 9.97 Å². The molecule has 0 spiro atoms. The Balaban J connectivity index is 1.43. The quantitative estimate of drug-likeness (QED) is 0.395. The number of hydrogen-bond acceptors (Lipinski definition) is 4. The first-order valence-electron chi connectivity index (χ1n) is 11.4. The summed E-state index contributed by atoms with van der Waals surface area (Å²) in [5.74, 6) is 0.491. The van der Waals surface area contributed by atoms with Gasteiger partial charge in [-0.15, -0.1) is 0 Å². The number of nitrogens with zero attached hydrogens (tertiary/aromatic N) is 2. The van der Waals surface area contributed by atoms with E-state index in [2.05, 4.69) is 17.4 Å². The van der Waals surface area contributed by atoms with Crippen molar-refractivity contribution >= 4 is 17.4 Å². The second kappa shape index (κ2) is 9.25. The van der Waals surface area contributed by atoms with Gasteiger partial charge in [-0.25, -0.2) is 9.97 Å². The highest BCUT2D eigenvalue weighted by molar-refractivity contribution is 5.94. The van der Waals surface area contributed by atoms with Gasteiger partial charge in [-0.2, -0.15) is 0 Å². The lowest BCUT2D eigenvalue weighted by Crippen LogP contribution is -2.17. The molecule has 0 saturated heterocycles. The van der Waals surface area contributed by atoms with Gasteiger partial charge in [0.1, 0.15) is 5.69 Å². The lowest BCUT2D eigenvalue weighted by molar-refractivity contribution is -0.116. The smallest absolute Gasteiger partial charge is 0.225 e. The van der Waals surface area contributed by atoms with Gasteiger partial charge >= 0.3 is 0 Å². The van der Waals surface area contributed by atoms with Gasteiger partial charge in [0.05, 0.1) is 11.4 Å². The molecule has 3 aromatic carbocycles. The Morgan fingerprint density at radius 1 is 0.879 bits per heavy atom. The highest BCUT2D eigenvalue weighted by atomic mass is 16.1. The van der Waals surface area contributed by atoms with Crippen LogP contribution in [-0.2, 0) is 24.1 Å². The molecule has 0 unspecified atom stereocenters. The van der Waals surface area contributed by atoms with Gasteiger partial charge < -0.3 is 11.1 Å². The Morgan fingerprint density at radius 2 is 1.64 bits per heavy atom. The molecule has 1 aliphatic carbocycles. The van der Waals surface area contributed by atoms with E-state index >= 15 is 0 Å². The standard InChI is InChI=1S/C28H26N4O/c29-22-15-16-23-21(18-22)14-17-24-27(23)32-26(20-11-5-2-6-12-20)28(30-24)31-25(33)13-7-10-19-8-3-1-4-9-19/h1-6,8-9,11-12,15-16,18H,7,10,13-14,17,29H2,(H,30,31,33). The van der Waals surface area contributed by atoms with Crippen LogP contribution in [0.25, 0.3) is 22.5 Å². The maximum absolute atomic E-state index is 12.8. The summed E-state index contributed by atoms with van der Waals surface area (Å²) in [6.07, 6.45) is 3.71. The molecule has 0 aliphatic heterocycles. The molecule has 0 fully saturated rings. The second-order valence-corrected chi connectivity index (χ2v) is 8.39. The summed E-state index contributed by atoms with van der Waals surface area (Å²) in [4.78, 5) is 22.7. The number of carbonyl (C=O) groups is 1. The fourth-order valence-electron chi connectivity index (χ4n) is 4.34. The first kappa shape index (κ1) is 20.9. The maximum atomic E-state index is 12.8. The molecule has 164 valence electrons. The van der Waals surface area contributed by atoms with Crippen molar-refractivity contribution in [3.63, 3.8) is 0 Å². The number of nitrogen functional groups attached to an aromatic ring is 1. The molecule has 0 bridgehead atoms. The van der Waals surface area contributed by atoms with E-state index in [0.717, 1.165) is 53.9 Å². The van der Waals surface area contributed by atoms with E-state index in [0.29, 0.717) is 17.9 Å². The number of nitrogens with two attached hydrogens (primary N) is 1. The Hall–Kier alpha value is -3.99. The highest BCUT2D eigenvalue weighted by Gasteiger charge is 2.23. The zero-order valence-corrected chi connectivity index (χ0v) is 18.4. The van der Waals surface area contributed by atoms with E-state index in [1.807, 2.05) is 66.7 Å². The zero-order chi connectivity index (χ0) is 22.6. The van der Waals surface area contributed by atoms with E-state index in [4.69, 9.17) is 15.7 Å². The van der Waals surface area contributed by atoms with Crippen LogP contribution in [0.4, 0.5) is 11.5 Å². The second-order valence-electron chi connectivity index (χ2n) is 8.39. The van der Waals surface area contributed by atoms with Crippen LogP contribution in [0.15, 0.2) is 78.9 Å². The zero-order valence-electron chi connectivity index (χ0n) is 18.4. The Labute approximate surface area is 193 Å². The Morgan fingerprint density at radius 3 is 2.42 bits per heavy atom. The summed E-state index contributed by atoms with van der Waals surface area (Å²) in [6, 6.07) is 26.1. The van der Waals surface area contributed by atoms with Crippen molar-refractivity contribution < 1.29 is 4.79 Å². The predicted octanol–water partition coefficient (Wildman–Crippen LogP) is 5.45. The third-order valence-electron chi connectivity index (χ3n) is 6.00. The third kappa shape index (κ3) is 4.62. The minimum absolute atomic E-state index is 0.0404. The number of nitrogens with one attached hydrogen (secondary N) is 1. The average molecular weight is 435 g/mol. The van der Waals surface area contributed by atoms with E-state index in [-0.39, 0.29) is 5.91 Å². The van der Waals surface area contributed by atoms with Gasteiger partial charge in [-0.1, -0.05) is 66.7 Å². The van der Waals surface area contributed by atoms with E-state index in [1.165, 1.54) is 11.1 Å². The number of fused-ring (bicyclic) bond motifs is 3. The third-order valence-corrected chi connectivity index (χ3v) is 6.00. The lowest BCUT2D eigenvalue weighted by atomic mass is 9.91. The molecule has 1 aromatic heterocycles. The van der Waals surface area contributed by atoms with Crippen LogP contribution in [0, 0.1) is 0 Å². The largest absolute Gasteiger partial charge is 0.399 e. The van der Waals surface area contributed by atoms with E-state index < -0.39 is 0 Å². The van der Waals surface area contributed by atoms with Gasteiger partial charge in [0.25, 0.3) is 0 Å². The van der Waals surface area contributed by atoms with Crippen molar-refractivity contribution in [2.24, 2.45) is 0 Å². The van der Waals surface area contributed by atoms with Crippen molar-refractivity contribution in [3.8, 4) is 22.5 Å². The molecule has 5 rings (SSSR count). The van der Waals surface area contributed by atoms with Crippen LogP contribution < -0.4 is 11.1 Å². The average Bonchev–Trinajstić information content (AvgIpc) is 2.84. The van der Waals surface area contributed by atoms with Crippen LogP contribution in [0.5, 0.6) is 0 Å². The Bertz CT molecular complexity index is 1290. The van der Waals surface area contributed by atoms with Crippen LogP contribution in [0.1, 0.15) is 29.7 Å². The minimum Gasteiger partial charge on any atom is -0.399 e. The summed E-state index contributed by atoms with van der Waals surface area (Å²) in [6.45, 7) is 0. The molecule has 33 heavy (non-hydrogen) atoms. The molecule has 4 aromatic rings. The molecule has 0 atom stereocenters. The SMILES string of the molecule is Nc1ccc2c(c1)CCc1nc(NC(=O)CCCc3ccccc3)c(-c3ccccc3)nc1-2. The normalized spacial score (nSPS) is 12.0.